The molecule has 0 spiro atoms. The summed E-state index contributed by atoms with van der Waals surface area (Å²) < 4.78 is 5.50. The third-order valence-corrected chi connectivity index (χ3v) is 3.86. The maximum absolute atomic E-state index is 9.53. The summed E-state index contributed by atoms with van der Waals surface area (Å²) in [5, 5.41) is 9.53. The van der Waals surface area contributed by atoms with E-state index in [9.17, 15) is 5.11 Å². The summed E-state index contributed by atoms with van der Waals surface area (Å²) in [5.74, 6) is 2.03. The standard InChI is InChI=1S/C9H20O2S3/c1-12-6-4-8(10)11-9(14-3)5-7-13-2/h8-10H,4-7H2,1-3H3. The molecule has 0 heterocycles. The Morgan fingerprint density at radius 3 is 2.14 bits per heavy atom. The molecule has 0 saturated heterocycles. The lowest BCUT2D eigenvalue weighted by molar-refractivity contribution is -0.110. The Labute approximate surface area is 99.9 Å². The van der Waals surface area contributed by atoms with E-state index in [-0.39, 0.29) is 5.44 Å². The van der Waals surface area contributed by atoms with Gasteiger partial charge in [-0.05, 0) is 36.7 Å². The smallest absolute Gasteiger partial charge is 0.156 e. The Morgan fingerprint density at radius 2 is 1.64 bits per heavy atom. The van der Waals surface area contributed by atoms with E-state index < -0.39 is 6.29 Å². The fraction of sp³-hybridized carbons (Fsp3) is 1.00. The molecule has 0 fully saturated rings. The Morgan fingerprint density at radius 1 is 1.07 bits per heavy atom. The number of aliphatic hydroxyl groups excluding tert-OH is 1. The van der Waals surface area contributed by atoms with E-state index in [0.717, 1.165) is 24.3 Å². The van der Waals surface area contributed by atoms with E-state index in [0.29, 0.717) is 0 Å². The Hall–Kier alpha value is 0.970. The van der Waals surface area contributed by atoms with Crippen LogP contribution in [0.1, 0.15) is 12.8 Å². The maximum Gasteiger partial charge on any atom is 0.156 e. The van der Waals surface area contributed by atoms with Crippen molar-refractivity contribution in [3.8, 4) is 0 Å². The van der Waals surface area contributed by atoms with Crippen LogP contribution in [0.25, 0.3) is 0 Å². The lowest BCUT2D eigenvalue weighted by Crippen LogP contribution is -2.20. The van der Waals surface area contributed by atoms with Gasteiger partial charge < -0.3 is 9.84 Å². The van der Waals surface area contributed by atoms with Crippen LogP contribution in [0.4, 0.5) is 0 Å². The monoisotopic (exact) mass is 256 g/mol. The lowest BCUT2D eigenvalue weighted by atomic mass is 10.4. The molecule has 14 heavy (non-hydrogen) atoms. The predicted octanol–water partition coefficient (Wildman–Crippen LogP) is 2.52. The Bertz CT molecular complexity index is 125. The highest BCUT2D eigenvalue weighted by Crippen LogP contribution is 2.17. The second-order valence-electron chi connectivity index (χ2n) is 2.82. The minimum atomic E-state index is -0.596. The third-order valence-electron chi connectivity index (χ3n) is 1.70. The van der Waals surface area contributed by atoms with Crippen molar-refractivity contribution in [3.63, 3.8) is 0 Å². The molecule has 0 aromatic heterocycles. The number of hydrogen-bond acceptors (Lipinski definition) is 5. The SMILES string of the molecule is CSCCC(O)OC(CCSC)SC. The van der Waals surface area contributed by atoms with Crippen LogP contribution in [0, 0.1) is 0 Å². The van der Waals surface area contributed by atoms with E-state index >= 15 is 0 Å². The Balaban J connectivity index is 3.57. The summed E-state index contributed by atoms with van der Waals surface area (Å²) in [6, 6.07) is 0. The van der Waals surface area contributed by atoms with Crippen molar-refractivity contribution in [2.75, 3.05) is 30.3 Å². The van der Waals surface area contributed by atoms with E-state index in [4.69, 9.17) is 4.74 Å². The average Bonchev–Trinajstić information content (AvgIpc) is 2.21. The summed E-state index contributed by atoms with van der Waals surface area (Å²) in [4.78, 5) is 0. The second kappa shape index (κ2) is 10.5. The summed E-state index contributed by atoms with van der Waals surface area (Å²) in [6.07, 6.45) is 7.26. The molecule has 1 N–H and O–H groups in total. The van der Waals surface area contributed by atoms with Crippen LogP contribution in [0.2, 0.25) is 0 Å². The minimum Gasteiger partial charge on any atom is -0.368 e. The number of ether oxygens (including phenoxy) is 1. The first-order valence-electron chi connectivity index (χ1n) is 4.58. The summed E-state index contributed by atoms with van der Waals surface area (Å²) in [6.45, 7) is 0. The third kappa shape index (κ3) is 8.29. The number of hydrogen-bond donors (Lipinski definition) is 1. The normalized spacial score (nSPS) is 15.4. The molecule has 0 aliphatic rings. The maximum atomic E-state index is 9.53. The number of rotatable bonds is 9. The van der Waals surface area contributed by atoms with Crippen molar-refractivity contribution < 1.29 is 9.84 Å². The van der Waals surface area contributed by atoms with Gasteiger partial charge in [-0.25, -0.2) is 0 Å². The van der Waals surface area contributed by atoms with Crippen molar-refractivity contribution in [1.82, 2.24) is 0 Å². The van der Waals surface area contributed by atoms with Crippen LogP contribution < -0.4 is 0 Å². The fourth-order valence-corrected chi connectivity index (χ4v) is 2.55. The number of aliphatic hydroxyl groups is 1. The van der Waals surface area contributed by atoms with Gasteiger partial charge in [-0.3, -0.25) is 0 Å². The quantitative estimate of drug-likeness (QED) is 0.640. The lowest BCUT2D eigenvalue weighted by Gasteiger charge is -2.19. The van der Waals surface area contributed by atoms with E-state index in [1.165, 1.54) is 0 Å². The molecule has 0 rings (SSSR count). The molecule has 86 valence electrons. The molecular formula is C9H20O2S3. The van der Waals surface area contributed by atoms with Gasteiger partial charge in [0, 0.05) is 6.42 Å². The fourth-order valence-electron chi connectivity index (χ4n) is 0.917. The Kier molecular flexibility index (Phi) is 11.2. The highest BCUT2D eigenvalue weighted by Gasteiger charge is 2.12. The van der Waals surface area contributed by atoms with Crippen molar-refractivity contribution in [2.45, 2.75) is 24.6 Å². The number of thioether (sulfide) groups is 3. The topological polar surface area (TPSA) is 29.5 Å². The van der Waals surface area contributed by atoms with Gasteiger partial charge in [-0.1, -0.05) is 0 Å². The van der Waals surface area contributed by atoms with Crippen molar-refractivity contribution in [2.24, 2.45) is 0 Å². The summed E-state index contributed by atoms with van der Waals surface area (Å²) in [5.41, 5.74) is 0.138. The van der Waals surface area contributed by atoms with E-state index in [2.05, 4.69) is 6.26 Å². The molecule has 0 amide bonds. The van der Waals surface area contributed by atoms with Gasteiger partial charge in [0.25, 0.3) is 0 Å². The summed E-state index contributed by atoms with van der Waals surface area (Å²) >= 11 is 5.21. The van der Waals surface area contributed by atoms with Gasteiger partial charge >= 0.3 is 0 Å². The van der Waals surface area contributed by atoms with E-state index in [1.807, 2.05) is 24.3 Å². The van der Waals surface area contributed by atoms with Crippen LogP contribution in [-0.2, 0) is 4.74 Å². The van der Waals surface area contributed by atoms with Crippen molar-refractivity contribution >= 4 is 35.3 Å². The summed E-state index contributed by atoms with van der Waals surface area (Å²) in [7, 11) is 0. The van der Waals surface area contributed by atoms with Crippen LogP contribution in [0.15, 0.2) is 0 Å². The van der Waals surface area contributed by atoms with Gasteiger partial charge in [0.1, 0.15) is 5.44 Å². The van der Waals surface area contributed by atoms with Gasteiger partial charge in [0.2, 0.25) is 0 Å². The van der Waals surface area contributed by atoms with Gasteiger partial charge in [0.05, 0.1) is 0 Å². The molecule has 5 heteroatoms. The first-order valence-corrected chi connectivity index (χ1v) is 8.66. The molecule has 0 aromatic rings. The molecule has 0 saturated carbocycles. The van der Waals surface area contributed by atoms with Gasteiger partial charge in [-0.2, -0.15) is 23.5 Å². The molecule has 2 nitrogen and oxygen atoms in total. The molecule has 0 bridgehead atoms. The van der Waals surface area contributed by atoms with Crippen molar-refractivity contribution in [1.29, 1.82) is 0 Å². The molecule has 0 aliphatic heterocycles. The highest BCUT2D eigenvalue weighted by molar-refractivity contribution is 7.99. The van der Waals surface area contributed by atoms with Crippen LogP contribution in [-0.4, -0.2) is 47.1 Å². The molecule has 2 atom stereocenters. The van der Waals surface area contributed by atoms with E-state index in [1.54, 1.807) is 23.5 Å². The minimum absolute atomic E-state index is 0.138. The van der Waals surface area contributed by atoms with Crippen LogP contribution in [0.3, 0.4) is 0 Å². The first kappa shape index (κ1) is 15.0. The second-order valence-corrected chi connectivity index (χ2v) is 5.79. The van der Waals surface area contributed by atoms with Gasteiger partial charge in [0.15, 0.2) is 6.29 Å². The highest BCUT2D eigenvalue weighted by atomic mass is 32.2. The average molecular weight is 256 g/mol. The zero-order valence-electron chi connectivity index (χ0n) is 9.06. The van der Waals surface area contributed by atoms with Crippen LogP contribution in [0.5, 0.6) is 0 Å². The predicted molar refractivity (Wildman–Crippen MR) is 70.4 cm³/mol. The molecular weight excluding hydrogens is 236 g/mol. The molecule has 0 aromatic carbocycles. The van der Waals surface area contributed by atoms with Gasteiger partial charge in [-0.15, -0.1) is 11.8 Å². The molecule has 2 unspecified atom stereocenters. The molecule has 0 radical (unpaired) electrons. The van der Waals surface area contributed by atoms with Crippen LogP contribution >= 0.6 is 35.3 Å². The van der Waals surface area contributed by atoms with Crippen molar-refractivity contribution in [3.05, 3.63) is 0 Å². The largest absolute Gasteiger partial charge is 0.368 e. The molecule has 0 aliphatic carbocycles. The zero-order chi connectivity index (χ0) is 10.8. The first-order chi connectivity index (χ1) is 6.74. The zero-order valence-corrected chi connectivity index (χ0v) is 11.5.